The van der Waals surface area contributed by atoms with Crippen LogP contribution in [0.5, 0.6) is 0 Å². The molecule has 0 unspecified atom stereocenters. The predicted molar refractivity (Wildman–Crippen MR) is 244 cm³/mol. The molecule has 10 rings (SSSR count). The van der Waals surface area contributed by atoms with Gasteiger partial charge in [-0.25, -0.2) is 51.0 Å². The average Bonchev–Trinajstić information content (AvgIpc) is 4.09. The van der Waals surface area contributed by atoms with E-state index < -0.39 is 55.6 Å². The number of rotatable bonds is 8. The predicted octanol–water partition coefficient (Wildman–Crippen LogP) is 8.80. The standard InChI is InChI=1S/C25H21F2N3O4S.C22H14F2N2O2.H2O3.O2/c1-14-11-18-21(12-20(14)27)30(13-15-5-2-3-7-19(15)26)23(22(18)17-6-4-10-28-24(17)31)25(32)29-35(33,34)16-8-9-16;1-12-9-15-18(10-17(12)24)26(11-13-5-2-3-7-16(13)23)20-19(15)14-6-4-8-25-21(14)28-22(20)27;1-3-2;1-2/h2-7,10-12,16H,8-9,13H2,1H3,(H,28,31)(H,29,32);2-10H,11H2,1H3;1-2H;. The second-order valence-electron chi connectivity index (χ2n) is 15.5. The van der Waals surface area contributed by atoms with E-state index in [2.05, 4.69) is 19.7 Å². The normalized spacial score (nSPS) is 12.2. The monoisotopic (exact) mass is 955 g/mol. The number of carbonyl (C=O) groups is 1. The van der Waals surface area contributed by atoms with Crippen molar-refractivity contribution in [3.8, 4) is 11.1 Å². The first-order chi connectivity index (χ1) is 32.6. The molecule has 1 aliphatic carbocycles. The van der Waals surface area contributed by atoms with Crippen LogP contribution in [0, 0.1) is 47.0 Å². The molecule has 5 heterocycles. The SMILES string of the molecule is Cc1cc2c(-c3ccc[nH]c3=O)c(C(=O)NS(=O)(=O)C3CC3)n(Cc3ccccc3F)c2cc1F.Cc1cc2c3c4cccnc4oc(=O)c3n(Cc3ccccc3F)c2cc1F.O=O.OOO. The number of nitrogens with zero attached hydrogens (tertiary/aromatic N) is 3. The Hall–Kier alpha value is -7.85. The van der Waals surface area contributed by atoms with Crippen LogP contribution in [0.2, 0.25) is 0 Å². The van der Waals surface area contributed by atoms with Crippen molar-refractivity contribution in [3.05, 3.63) is 191 Å². The number of halogens is 4. The van der Waals surface area contributed by atoms with Gasteiger partial charge in [0.05, 0.1) is 29.4 Å². The van der Waals surface area contributed by atoms with Gasteiger partial charge in [0.1, 0.15) is 34.5 Å². The molecule has 350 valence electrons. The Balaban J connectivity index is 0.000000188. The van der Waals surface area contributed by atoms with Gasteiger partial charge in [-0.1, -0.05) is 41.4 Å². The molecule has 0 radical (unpaired) electrons. The molecule has 4 N–H and O–H groups in total. The highest BCUT2D eigenvalue weighted by Crippen LogP contribution is 2.38. The maximum atomic E-state index is 14.7. The third-order valence-electron chi connectivity index (χ3n) is 11.2. The van der Waals surface area contributed by atoms with Crippen molar-refractivity contribution < 1.29 is 50.7 Å². The van der Waals surface area contributed by atoms with E-state index in [0.717, 1.165) is 0 Å². The van der Waals surface area contributed by atoms with Crippen molar-refractivity contribution in [1.82, 2.24) is 23.8 Å². The fourth-order valence-electron chi connectivity index (χ4n) is 7.93. The number of benzene rings is 4. The maximum absolute atomic E-state index is 14.7. The highest BCUT2D eigenvalue weighted by atomic mass is 32.2. The highest BCUT2D eigenvalue weighted by molar-refractivity contribution is 7.91. The van der Waals surface area contributed by atoms with Crippen molar-refractivity contribution in [1.29, 1.82) is 0 Å². The number of hydrogen-bond acceptors (Lipinski definition) is 12. The van der Waals surface area contributed by atoms with Crippen LogP contribution in [0.25, 0.3) is 54.9 Å². The number of aryl methyl sites for hydroxylation is 2. The number of sulfonamides is 1. The first kappa shape index (κ1) is 48.1. The zero-order valence-electron chi connectivity index (χ0n) is 35.6. The van der Waals surface area contributed by atoms with Crippen LogP contribution >= 0.6 is 0 Å². The number of nitrogens with one attached hydrogen (secondary N) is 2. The molecule has 0 saturated heterocycles. The van der Waals surface area contributed by atoms with Crippen LogP contribution in [0.1, 0.15) is 45.6 Å². The summed E-state index contributed by atoms with van der Waals surface area (Å²) in [6, 6.07) is 24.6. The number of aromatic nitrogens is 4. The van der Waals surface area contributed by atoms with E-state index in [9.17, 15) is 40.4 Å². The highest BCUT2D eigenvalue weighted by Gasteiger charge is 2.38. The van der Waals surface area contributed by atoms with E-state index in [1.54, 1.807) is 73.1 Å². The van der Waals surface area contributed by atoms with Crippen LogP contribution in [0.3, 0.4) is 0 Å². The van der Waals surface area contributed by atoms with Crippen LogP contribution in [0.15, 0.2) is 123 Å². The minimum atomic E-state index is -3.94. The zero-order valence-corrected chi connectivity index (χ0v) is 36.4. The lowest BCUT2D eigenvalue weighted by Gasteiger charge is -2.13. The first-order valence-electron chi connectivity index (χ1n) is 20.3. The summed E-state index contributed by atoms with van der Waals surface area (Å²) in [5.74, 6) is -2.86. The van der Waals surface area contributed by atoms with Gasteiger partial charge in [0.2, 0.25) is 15.7 Å². The van der Waals surface area contributed by atoms with E-state index in [1.165, 1.54) is 59.3 Å². The zero-order chi connectivity index (χ0) is 49.0. The Morgan fingerprint density at radius 2 is 1.34 bits per heavy atom. The summed E-state index contributed by atoms with van der Waals surface area (Å²) in [4.78, 5) is 59.8. The summed E-state index contributed by atoms with van der Waals surface area (Å²) in [6.07, 6.45) is 3.85. The summed E-state index contributed by atoms with van der Waals surface area (Å²) in [7, 11) is -3.94. The molecule has 4 aromatic carbocycles. The quantitative estimate of drug-likeness (QED) is 0.0636. The minimum Gasteiger partial charge on any atom is -0.402 e. The van der Waals surface area contributed by atoms with Gasteiger partial charge in [-0.15, -0.1) is 0 Å². The fourth-order valence-corrected chi connectivity index (χ4v) is 9.21. The molecule has 1 aliphatic rings. The number of carbonyl (C=O) groups excluding carboxylic acids is 1. The van der Waals surface area contributed by atoms with Gasteiger partial charge < -0.3 is 18.5 Å². The Labute approximate surface area is 380 Å². The van der Waals surface area contributed by atoms with Gasteiger partial charge in [-0.3, -0.25) is 9.59 Å². The summed E-state index contributed by atoms with van der Waals surface area (Å²) >= 11 is 0. The van der Waals surface area contributed by atoms with Crippen LogP contribution in [-0.2, 0) is 28.2 Å². The van der Waals surface area contributed by atoms with E-state index >= 15 is 0 Å². The number of H-pyrrole nitrogens is 1. The van der Waals surface area contributed by atoms with Crippen LogP contribution in [0.4, 0.5) is 17.6 Å². The summed E-state index contributed by atoms with van der Waals surface area (Å²) in [5, 5.41) is 17.2. The summed E-state index contributed by atoms with van der Waals surface area (Å²) < 4.78 is 93.7. The molecule has 0 aliphatic heterocycles. The van der Waals surface area contributed by atoms with Crippen molar-refractivity contribution in [2.24, 2.45) is 0 Å². The third-order valence-corrected chi connectivity index (χ3v) is 13.0. The summed E-state index contributed by atoms with van der Waals surface area (Å²) in [5.41, 5.74) is 1.51. The molecular formula is C47H37F4N5O11S. The molecule has 5 aromatic heterocycles. The van der Waals surface area contributed by atoms with Gasteiger partial charge >= 0.3 is 5.63 Å². The molecule has 21 heteroatoms. The van der Waals surface area contributed by atoms with Crippen molar-refractivity contribution in [2.75, 3.05) is 0 Å². The Morgan fingerprint density at radius 3 is 1.91 bits per heavy atom. The van der Waals surface area contributed by atoms with Crippen molar-refractivity contribution in [2.45, 2.75) is 45.0 Å². The molecule has 9 aromatic rings. The van der Waals surface area contributed by atoms with Gasteiger partial charge in [0.25, 0.3) is 11.5 Å². The second kappa shape index (κ2) is 19.9. The molecule has 1 saturated carbocycles. The lowest BCUT2D eigenvalue weighted by molar-refractivity contribution is -0.465. The lowest BCUT2D eigenvalue weighted by atomic mass is 10.0. The largest absolute Gasteiger partial charge is 0.402 e. The smallest absolute Gasteiger partial charge is 0.362 e. The number of aromatic amines is 1. The fraction of sp³-hybridized carbons (Fsp3) is 0.149. The van der Waals surface area contributed by atoms with Gasteiger partial charge in [-0.05, 0) is 98.5 Å². The maximum Gasteiger partial charge on any atom is 0.362 e. The molecule has 1 fully saturated rings. The third kappa shape index (κ3) is 9.40. The Bertz CT molecular complexity index is 3630. The molecule has 68 heavy (non-hydrogen) atoms. The van der Waals surface area contributed by atoms with E-state index in [4.69, 9.17) is 24.9 Å². The molecule has 0 atom stereocenters. The first-order valence-corrected chi connectivity index (χ1v) is 21.8. The van der Waals surface area contributed by atoms with Gasteiger partial charge in [0.15, 0.2) is 0 Å². The molecule has 16 nitrogen and oxygen atoms in total. The van der Waals surface area contributed by atoms with E-state index in [0.29, 0.717) is 51.0 Å². The van der Waals surface area contributed by atoms with Gasteiger partial charge in [0, 0.05) is 66.1 Å². The van der Waals surface area contributed by atoms with Crippen molar-refractivity contribution >= 4 is 59.7 Å². The molecule has 0 spiro atoms. The molecular weight excluding hydrogens is 919 g/mol. The van der Waals surface area contributed by atoms with E-state index in [1.807, 2.05) is 0 Å². The average molecular weight is 956 g/mol. The number of pyridine rings is 2. The Kier molecular flexibility index (Phi) is 14.1. The topological polar surface area (TPSA) is 233 Å². The number of fused-ring (bicyclic) bond motifs is 6. The molecule has 0 bridgehead atoms. The Morgan fingerprint density at radius 1 is 0.779 bits per heavy atom. The molecule has 1 amide bonds. The minimum absolute atomic E-state index is 0.0751. The van der Waals surface area contributed by atoms with Gasteiger partial charge in [-0.2, -0.15) is 0 Å². The second-order valence-corrected chi connectivity index (χ2v) is 17.4. The lowest BCUT2D eigenvalue weighted by Crippen LogP contribution is -2.35. The number of amides is 1. The van der Waals surface area contributed by atoms with Crippen LogP contribution in [-0.4, -0.2) is 49.2 Å². The summed E-state index contributed by atoms with van der Waals surface area (Å²) in [6.45, 7) is 3.09. The number of hydrogen-bond donors (Lipinski definition) is 4. The van der Waals surface area contributed by atoms with Crippen LogP contribution < -0.4 is 15.9 Å². The van der Waals surface area contributed by atoms with E-state index in [-0.39, 0.29) is 57.8 Å². The van der Waals surface area contributed by atoms with Crippen molar-refractivity contribution in [3.63, 3.8) is 0 Å².